The van der Waals surface area contributed by atoms with E-state index < -0.39 is 46.5 Å². The van der Waals surface area contributed by atoms with Crippen LogP contribution in [0.2, 0.25) is 10.0 Å². The van der Waals surface area contributed by atoms with E-state index in [1.165, 1.54) is 37.4 Å². The zero-order valence-corrected chi connectivity index (χ0v) is 24.2. The highest BCUT2D eigenvalue weighted by atomic mass is 35.5. The highest BCUT2D eigenvalue weighted by molar-refractivity contribution is 7.88. The minimum atomic E-state index is -4.67. The number of aromatic nitrogens is 3. The van der Waals surface area contributed by atoms with Crippen molar-refractivity contribution in [1.29, 1.82) is 0 Å². The number of hydrogen-bond acceptors (Lipinski definition) is 8. The third-order valence-corrected chi connectivity index (χ3v) is 7.94. The molecule has 2 aromatic heterocycles. The largest absolute Gasteiger partial charge is 0.467 e. The average molecular weight is 651 g/mol. The van der Waals surface area contributed by atoms with Crippen LogP contribution in [0.5, 0.6) is 5.88 Å². The number of benzene rings is 1. The third-order valence-electron chi connectivity index (χ3n) is 5.83. The van der Waals surface area contributed by atoms with Crippen molar-refractivity contribution in [2.45, 2.75) is 26.1 Å². The Morgan fingerprint density at radius 3 is 2.62 bits per heavy atom. The van der Waals surface area contributed by atoms with E-state index in [0.29, 0.717) is 5.56 Å². The van der Waals surface area contributed by atoms with Crippen molar-refractivity contribution in [2.24, 2.45) is 0 Å². The van der Waals surface area contributed by atoms with Gasteiger partial charge in [0.15, 0.2) is 12.4 Å². The first-order valence-electron chi connectivity index (χ1n) is 12.1. The molecule has 1 atom stereocenters. The smallest absolute Gasteiger partial charge is 0.422 e. The molecule has 42 heavy (non-hydrogen) atoms. The number of anilines is 1. The minimum Gasteiger partial charge on any atom is -0.467 e. The maximum Gasteiger partial charge on any atom is 0.422 e. The summed E-state index contributed by atoms with van der Waals surface area (Å²) >= 11 is 12.4. The van der Waals surface area contributed by atoms with E-state index in [-0.39, 0.29) is 51.7 Å². The molecule has 1 aliphatic heterocycles. The molecule has 226 valence electrons. The van der Waals surface area contributed by atoms with E-state index >= 15 is 0 Å². The molecule has 2 N–H and O–H groups in total. The molecule has 3 aromatic rings. The molecule has 1 saturated heterocycles. The summed E-state index contributed by atoms with van der Waals surface area (Å²) in [6.45, 7) is 1.11. The fourth-order valence-electron chi connectivity index (χ4n) is 3.85. The van der Waals surface area contributed by atoms with Crippen LogP contribution in [0.1, 0.15) is 33.3 Å². The van der Waals surface area contributed by atoms with Crippen molar-refractivity contribution in [3.8, 4) is 11.7 Å². The topological polar surface area (TPSA) is 145 Å². The van der Waals surface area contributed by atoms with E-state index in [1.807, 2.05) is 0 Å². The Labute approximate surface area is 247 Å². The number of nitrogens with one attached hydrogen (secondary N) is 2. The van der Waals surface area contributed by atoms with Gasteiger partial charge in [-0.3, -0.25) is 14.4 Å². The Balaban J connectivity index is 1.64. The molecule has 3 heterocycles. The number of hydroxylamine groups is 1. The highest BCUT2D eigenvalue weighted by Gasteiger charge is 2.34. The second kappa shape index (κ2) is 12.4. The van der Waals surface area contributed by atoms with Crippen LogP contribution in [0.25, 0.3) is 5.82 Å². The van der Waals surface area contributed by atoms with Gasteiger partial charge in [-0.05, 0) is 43.7 Å². The lowest BCUT2D eigenvalue weighted by atomic mass is 10.1. The number of amides is 2. The maximum atomic E-state index is 13.5. The van der Waals surface area contributed by atoms with Crippen LogP contribution in [0, 0.1) is 6.92 Å². The SMILES string of the molecule is CCS(=O)(=O)N1CC(NC(=O)c2cc(Cl)cc(C)c2NC(=O)c2cc(OCC(F)(F)F)nn2-c2ncccc2Cl)CO1. The molecule has 0 radical (unpaired) electrons. The monoisotopic (exact) mass is 650 g/mol. The van der Waals surface area contributed by atoms with E-state index in [0.717, 1.165) is 15.2 Å². The Bertz CT molecular complexity index is 1620. The molecular weight excluding hydrogens is 628 g/mol. The summed E-state index contributed by atoms with van der Waals surface area (Å²) in [7, 11) is -3.65. The van der Waals surface area contributed by atoms with E-state index in [1.54, 1.807) is 6.92 Å². The van der Waals surface area contributed by atoms with Crippen LogP contribution in [0.4, 0.5) is 18.9 Å². The zero-order chi connectivity index (χ0) is 30.8. The molecule has 4 rings (SSSR count). The molecule has 18 heteroatoms. The van der Waals surface area contributed by atoms with Gasteiger partial charge in [-0.1, -0.05) is 27.7 Å². The summed E-state index contributed by atoms with van der Waals surface area (Å²) in [4.78, 5) is 36.0. The van der Waals surface area contributed by atoms with Crippen LogP contribution in [-0.2, 0) is 14.9 Å². The normalized spacial score (nSPS) is 15.9. The lowest BCUT2D eigenvalue weighted by Crippen LogP contribution is -2.40. The van der Waals surface area contributed by atoms with Crippen LogP contribution in [0.3, 0.4) is 0 Å². The number of ether oxygens (including phenoxy) is 1. The van der Waals surface area contributed by atoms with Gasteiger partial charge in [0.2, 0.25) is 15.9 Å². The Kier molecular flexibility index (Phi) is 9.32. The Morgan fingerprint density at radius 2 is 1.95 bits per heavy atom. The fraction of sp³-hybridized carbons (Fsp3) is 0.333. The molecular formula is C24H23Cl2F3N6O6S. The molecule has 1 aromatic carbocycles. The Hall–Kier alpha value is -3.44. The first-order chi connectivity index (χ1) is 19.7. The maximum absolute atomic E-state index is 13.5. The third kappa shape index (κ3) is 7.30. The number of hydrogen-bond donors (Lipinski definition) is 2. The number of carbonyl (C=O) groups excluding carboxylic acids is 2. The second-order valence-corrected chi connectivity index (χ2v) is 11.9. The number of sulfonamides is 1. The average Bonchev–Trinajstić information content (AvgIpc) is 3.56. The molecule has 1 fully saturated rings. The number of alkyl halides is 3. The van der Waals surface area contributed by atoms with Crippen molar-refractivity contribution < 1.29 is 40.8 Å². The van der Waals surface area contributed by atoms with Crippen LogP contribution >= 0.6 is 23.2 Å². The van der Waals surface area contributed by atoms with E-state index in [4.69, 9.17) is 32.8 Å². The number of aryl methyl sites for hydroxylation is 1. The van der Waals surface area contributed by atoms with Gasteiger partial charge in [0.05, 0.1) is 41.2 Å². The van der Waals surface area contributed by atoms with E-state index in [9.17, 15) is 31.2 Å². The quantitative estimate of drug-likeness (QED) is 0.356. The van der Waals surface area contributed by atoms with Crippen molar-refractivity contribution in [1.82, 2.24) is 24.5 Å². The van der Waals surface area contributed by atoms with Gasteiger partial charge in [0, 0.05) is 17.3 Å². The lowest BCUT2D eigenvalue weighted by Gasteiger charge is -2.17. The van der Waals surface area contributed by atoms with Gasteiger partial charge < -0.3 is 15.4 Å². The second-order valence-electron chi connectivity index (χ2n) is 8.94. The number of pyridine rings is 1. The fourth-order valence-corrected chi connectivity index (χ4v) is 5.25. The summed E-state index contributed by atoms with van der Waals surface area (Å²) in [6, 6.07) is 5.98. The van der Waals surface area contributed by atoms with Crippen LogP contribution < -0.4 is 15.4 Å². The van der Waals surface area contributed by atoms with E-state index in [2.05, 4.69) is 20.7 Å². The van der Waals surface area contributed by atoms with Crippen molar-refractivity contribution in [3.05, 3.63) is 63.4 Å². The minimum absolute atomic E-state index is 0.0245. The zero-order valence-electron chi connectivity index (χ0n) is 21.9. The van der Waals surface area contributed by atoms with Gasteiger partial charge in [0.25, 0.3) is 11.8 Å². The van der Waals surface area contributed by atoms with Crippen LogP contribution in [-0.4, -0.2) is 77.2 Å². The van der Waals surface area contributed by atoms with Crippen LogP contribution in [0.15, 0.2) is 36.5 Å². The van der Waals surface area contributed by atoms with Crippen molar-refractivity contribution in [3.63, 3.8) is 0 Å². The molecule has 0 spiro atoms. The predicted octanol–water partition coefficient (Wildman–Crippen LogP) is 3.77. The lowest BCUT2D eigenvalue weighted by molar-refractivity contribution is -0.154. The van der Waals surface area contributed by atoms with Gasteiger partial charge >= 0.3 is 6.18 Å². The summed E-state index contributed by atoms with van der Waals surface area (Å²) in [5, 5.41) is 9.37. The van der Waals surface area contributed by atoms with Gasteiger partial charge in [-0.15, -0.1) is 5.10 Å². The number of halogens is 5. The molecule has 1 aliphatic rings. The summed E-state index contributed by atoms with van der Waals surface area (Å²) in [5.41, 5.74) is 0.0181. The van der Waals surface area contributed by atoms with Gasteiger partial charge in [-0.25, -0.2) is 18.1 Å². The summed E-state index contributed by atoms with van der Waals surface area (Å²) < 4.78 is 68.9. The molecule has 2 amide bonds. The number of carbonyl (C=O) groups is 2. The molecule has 0 aliphatic carbocycles. The van der Waals surface area contributed by atoms with Gasteiger partial charge in [0.1, 0.15) is 5.69 Å². The molecule has 0 bridgehead atoms. The predicted molar refractivity (Wildman–Crippen MR) is 145 cm³/mol. The van der Waals surface area contributed by atoms with Gasteiger partial charge in [-0.2, -0.15) is 13.2 Å². The molecule has 0 saturated carbocycles. The molecule has 1 unspecified atom stereocenters. The first kappa shape index (κ1) is 31.5. The Morgan fingerprint density at radius 1 is 1.21 bits per heavy atom. The summed E-state index contributed by atoms with van der Waals surface area (Å²) in [5.74, 6) is -2.38. The highest BCUT2D eigenvalue weighted by Crippen LogP contribution is 2.29. The number of rotatable bonds is 9. The van der Waals surface area contributed by atoms with Crippen molar-refractivity contribution >= 4 is 50.7 Å². The molecule has 12 nitrogen and oxygen atoms in total. The number of nitrogens with zero attached hydrogens (tertiary/aromatic N) is 4. The summed E-state index contributed by atoms with van der Waals surface area (Å²) in [6.07, 6.45) is -3.33. The van der Waals surface area contributed by atoms with Crippen molar-refractivity contribution in [2.75, 3.05) is 30.8 Å². The first-order valence-corrected chi connectivity index (χ1v) is 14.5. The standard InChI is InChI=1S/C24H23Cl2F3N6O6S/c1-3-42(38,39)34-10-15(11-41-34)31-22(36)16-8-14(25)7-13(2)20(16)32-23(37)18-9-19(40-12-24(27,28)29)33-35(18)21-17(26)5-4-6-30-21/h4-9,15H,3,10-12H2,1-2H3,(H,31,36)(H,32,37).